The van der Waals surface area contributed by atoms with Crippen LogP contribution in [0.3, 0.4) is 0 Å². The molecule has 3 N–H and O–H groups in total. The summed E-state index contributed by atoms with van der Waals surface area (Å²) in [6, 6.07) is 3.66. The Morgan fingerprint density at radius 3 is 2.67 bits per heavy atom. The first-order valence-electron chi connectivity index (χ1n) is 3.83. The molecule has 4 heteroatoms. The van der Waals surface area contributed by atoms with E-state index in [4.69, 9.17) is 15.3 Å². The van der Waals surface area contributed by atoms with Crippen molar-refractivity contribution in [2.24, 2.45) is 5.73 Å². The highest BCUT2D eigenvalue weighted by atomic mass is 79.9. The Labute approximate surface area is 78.7 Å². The molecule has 1 aromatic heterocycles. The number of nitrogens with two attached hydrogens (primary N) is 1. The molecule has 2 rings (SSSR count). The fraction of sp³-hybridized carbons (Fsp3) is 0.500. The SMILES string of the molecule is NC1(c2ccc(Br)o2)CC(O)C1. The van der Waals surface area contributed by atoms with Crippen LogP contribution < -0.4 is 5.73 Å². The Morgan fingerprint density at radius 1 is 1.58 bits per heavy atom. The van der Waals surface area contributed by atoms with E-state index in [1.165, 1.54) is 0 Å². The van der Waals surface area contributed by atoms with Gasteiger partial charge in [-0.3, -0.25) is 0 Å². The van der Waals surface area contributed by atoms with Crippen molar-refractivity contribution in [3.05, 3.63) is 22.6 Å². The number of rotatable bonds is 1. The Hall–Kier alpha value is -0.320. The molecule has 0 unspecified atom stereocenters. The van der Waals surface area contributed by atoms with Crippen molar-refractivity contribution in [1.29, 1.82) is 0 Å². The maximum Gasteiger partial charge on any atom is 0.169 e. The van der Waals surface area contributed by atoms with Gasteiger partial charge in [-0.05, 0) is 40.9 Å². The summed E-state index contributed by atoms with van der Waals surface area (Å²) in [5.74, 6) is 0.750. The molecule has 0 bridgehead atoms. The van der Waals surface area contributed by atoms with Crippen molar-refractivity contribution in [2.75, 3.05) is 0 Å². The number of halogens is 1. The van der Waals surface area contributed by atoms with Crippen LogP contribution in [0.5, 0.6) is 0 Å². The maximum absolute atomic E-state index is 9.12. The highest BCUT2D eigenvalue weighted by Gasteiger charge is 2.43. The molecular weight excluding hydrogens is 222 g/mol. The quantitative estimate of drug-likeness (QED) is 0.768. The fourth-order valence-corrected chi connectivity index (χ4v) is 1.87. The van der Waals surface area contributed by atoms with E-state index in [2.05, 4.69) is 15.9 Å². The van der Waals surface area contributed by atoms with Gasteiger partial charge in [0, 0.05) is 0 Å². The third kappa shape index (κ3) is 1.20. The minimum Gasteiger partial charge on any atom is -0.452 e. The first-order valence-corrected chi connectivity index (χ1v) is 4.62. The molecule has 3 nitrogen and oxygen atoms in total. The van der Waals surface area contributed by atoms with Gasteiger partial charge in [-0.15, -0.1) is 0 Å². The Bertz CT molecular complexity index is 291. The molecule has 1 aliphatic carbocycles. The third-order valence-corrected chi connectivity index (χ3v) is 2.69. The lowest BCUT2D eigenvalue weighted by molar-refractivity contribution is 0.00972. The standard InChI is InChI=1S/C8H10BrNO2/c9-7-2-1-6(12-7)8(10)3-5(11)4-8/h1-2,5,11H,3-4,10H2. The van der Waals surface area contributed by atoms with Gasteiger partial charge in [0.2, 0.25) is 0 Å². The molecule has 0 aromatic carbocycles. The van der Waals surface area contributed by atoms with E-state index in [9.17, 15) is 0 Å². The monoisotopic (exact) mass is 231 g/mol. The van der Waals surface area contributed by atoms with Gasteiger partial charge in [0.25, 0.3) is 0 Å². The summed E-state index contributed by atoms with van der Waals surface area (Å²) in [5.41, 5.74) is 5.51. The predicted molar refractivity (Wildman–Crippen MR) is 47.5 cm³/mol. The summed E-state index contributed by atoms with van der Waals surface area (Å²) in [5, 5.41) is 9.12. The summed E-state index contributed by atoms with van der Waals surface area (Å²) in [6.07, 6.45) is 0.916. The van der Waals surface area contributed by atoms with Crippen LogP contribution in [0.2, 0.25) is 0 Å². The van der Waals surface area contributed by atoms with Crippen LogP contribution in [0.15, 0.2) is 21.2 Å². The van der Waals surface area contributed by atoms with Crippen molar-refractivity contribution in [1.82, 2.24) is 0 Å². The van der Waals surface area contributed by atoms with Crippen LogP contribution in [0.25, 0.3) is 0 Å². The van der Waals surface area contributed by atoms with Crippen molar-refractivity contribution in [2.45, 2.75) is 24.5 Å². The topological polar surface area (TPSA) is 59.4 Å². The Morgan fingerprint density at radius 2 is 2.25 bits per heavy atom. The Balaban J connectivity index is 2.20. The normalized spacial score (nSPS) is 34.8. The van der Waals surface area contributed by atoms with Crippen LogP contribution in [0.4, 0.5) is 0 Å². The lowest BCUT2D eigenvalue weighted by Crippen LogP contribution is -2.51. The molecule has 12 heavy (non-hydrogen) atoms. The molecule has 66 valence electrons. The summed E-state index contributed by atoms with van der Waals surface area (Å²) in [4.78, 5) is 0. The minimum atomic E-state index is -0.439. The van der Waals surface area contributed by atoms with Gasteiger partial charge < -0.3 is 15.3 Å². The first kappa shape index (κ1) is 8.29. The number of furan rings is 1. The summed E-state index contributed by atoms with van der Waals surface area (Å²) in [7, 11) is 0. The van der Waals surface area contributed by atoms with E-state index in [1.807, 2.05) is 12.1 Å². The molecule has 1 aromatic rings. The molecule has 0 aliphatic heterocycles. The highest BCUT2D eigenvalue weighted by molar-refractivity contribution is 9.10. The molecule has 1 heterocycles. The zero-order valence-electron chi connectivity index (χ0n) is 6.46. The molecule has 1 saturated carbocycles. The maximum atomic E-state index is 9.12. The molecular formula is C8H10BrNO2. The Kier molecular flexibility index (Phi) is 1.78. The second-order valence-corrected chi connectivity index (χ2v) is 4.10. The van der Waals surface area contributed by atoms with Gasteiger partial charge in [0.15, 0.2) is 4.67 Å². The first-order chi connectivity index (χ1) is 5.60. The summed E-state index contributed by atoms with van der Waals surface area (Å²) < 4.78 is 6.00. The largest absolute Gasteiger partial charge is 0.452 e. The molecule has 0 amide bonds. The average Bonchev–Trinajstić information content (AvgIpc) is 2.33. The van der Waals surface area contributed by atoms with Gasteiger partial charge in [-0.25, -0.2) is 0 Å². The average molecular weight is 232 g/mol. The molecule has 0 spiro atoms. The summed E-state index contributed by atoms with van der Waals surface area (Å²) >= 11 is 3.21. The van der Waals surface area contributed by atoms with E-state index in [-0.39, 0.29) is 6.10 Å². The van der Waals surface area contributed by atoms with Crippen molar-refractivity contribution >= 4 is 15.9 Å². The number of aliphatic hydroxyl groups excluding tert-OH is 1. The minimum absolute atomic E-state index is 0.265. The number of hydrogen-bond acceptors (Lipinski definition) is 3. The third-order valence-electron chi connectivity index (χ3n) is 2.26. The molecule has 0 radical (unpaired) electrons. The van der Waals surface area contributed by atoms with Crippen LogP contribution in [0.1, 0.15) is 18.6 Å². The van der Waals surface area contributed by atoms with E-state index < -0.39 is 5.54 Å². The van der Waals surface area contributed by atoms with Crippen molar-refractivity contribution in [3.63, 3.8) is 0 Å². The molecule has 0 saturated heterocycles. The lowest BCUT2D eigenvalue weighted by atomic mass is 9.73. The zero-order chi connectivity index (χ0) is 8.77. The van der Waals surface area contributed by atoms with E-state index in [1.54, 1.807) is 0 Å². The second kappa shape index (κ2) is 2.58. The van der Waals surface area contributed by atoms with Gasteiger partial charge in [0.05, 0.1) is 11.6 Å². The second-order valence-electron chi connectivity index (χ2n) is 3.32. The van der Waals surface area contributed by atoms with Crippen LogP contribution >= 0.6 is 15.9 Å². The molecule has 1 fully saturated rings. The number of aliphatic hydroxyl groups is 1. The summed E-state index contributed by atoms with van der Waals surface area (Å²) in [6.45, 7) is 0. The van der Waals surface area contributed by atoms with Crippen molar-refractivity contribution in [3.8, 4) is 0 Å². The number of hydrogen-bond donors (Lipinski definition) is 2. The van der Waals surface area contributed by atoms with E-state index in [0.29, 0.717) is 17.5 Å². The van der Waals surface area contributed by atoms with E-state index in [0.717, 1.165) is 5.76 Å². The van der Waals surface area contributed by atoms with Gasteiger partial charge >= 0.3 is 0 Å². The van der Waals surface area contributed by atoms with Crippen molar-refractivity contribution < 1.29 is 9.52 Å². The fourth-order valence-electron chi connectivity index (χ4n) is 1.56. The predicted octanol–water partition coefficient (Wildman–Crippen LogP) is 1.35. The highest BCUT2D eigenvalue weighted by Crippen LogP contribution is 2.40. The molecule has 0 atom stereocenters. The smallest absolute Gasteiger partial charge is 0.169 e. The van der Waals surface area contributed by atoms with Crippen LogP contribution in [0, 0.1) is 0 Å². The van der Waals surface area contributed by atoms with Crippen LogP contribution in [-0.4, -0.2) is 11.2 Å². The van der Waals surface area contributed by atoms with Gasteiger partial charge in [-0.1, -0.05) is 0 Å². The van der Waals surface area contributed by atoms with Crippen LogP contribution in [-0.2, 0) is 5.54 Å². The lowest BCUT2D eigenvalue weighted by Gasteiger charge is -2.40. The zero-order valence-corrected chi connectivity index (χ0v) is 8.04. The molecule has 1 aliphatic rings. The van der Waals surface area contributed by atoms with Gasteiger partial charge in [0.1, 0.15) is 5.76 Å². The van der Waals surface area contributed by atoms with Gasteiger partial charge in [-0.2, -0.15) is 0 Å². The van der Waals surface area contributed by atoms with E-state index >= 15 is 0 Å².